The summed E-state index contributed by atoms with van der Waals surface area (Å²) in [5.74, 6) is -0.00640. The number of ether oxygens (including phenoxy) is 1. The molecular weight excluding hydrogens is 302 g/mol. The topological polar surface area (TPSA) is 47.4 Å². The van der Waals surface area contributed by atoms with Gasteiger partial charge in [0.2, 0.25) is 5.91 Å². The summed E-state index contributed by atoms with van der Waals surface area (Å²) in [6, 6.07) is 10.0. The van der Waals surface area contributed by atoms with Crippen LogP contribution in [0.1, 0.15) is 31.1 Å². The van der Waals surface area contributed by atoms with Gasteiger partial charge < -0.3 is 9.64 Å². The van der Waals surface area contributed by atoms with Gasteiger partial charge in [-0.05, 0) is 25.5 Å². The van der Waals surface area contributed by atoms with Crippen molar-refractivity contribution in [1.82, 2.24) is 14.7 Å². The van der Waals surface area contributed by atoms with Gasteiger partial charge in [0.1, 0.15) is 6.10 Å². The van der Waals surface area contributed by atoms with Gasteiger partial charge in [0.25, 0.3) is 0 Å². The van der Waals surface area contributed by atoms with Gasteiger partial charge in [-0.25, -0.2) is 0 Å². The van der Waals surface area contributed by atoms with Gasteiger partial charge in [-0.3, -0.25) is 9.48 Å². The minimum atomic E-state index is -0.332. The van der Waals surface area contributed by atoms with Crippen molar-refractivity contribution in [3.8, 4) is 0 Å². The van der Waals surface area contributed by atoms with Crippen LogP contribution < -0.4 is 0 Å². The van der Waals surface area contributed by atoms with Gasteiger partial charge in [-0.2, -0.15) is 5.10 Å². The first-order chi connectivity index (χ1) is 11.5. The third-order valence-electron chi connectivity index (χ3n) is 4.30. The molecule has 1 aliphatic rings. The van der Waals surface area contributed by atoms with Crippen LogP contribution in [0.25, 0.3) is 6.08 Å². The Balaban J connectivity index is 1.75. The first-order valence-electron chi connectivity index (χ1n) is 8.10. The van der Waals surface area contributed by atoms with Crippen LogP contribution in [0, 0.1) is 0 Å². The average Bonchev–Trinajstić information content (AvgIpc) is 2.99. The standard InChI is InChI=1S/C19H23N3O2/c1-19(2)14-24-17(16-7-5-4-6-8-16)13-22(19)18(23)10-9-15-11-20-21(3)12-15/h4-12,17H,13-14H2,1-3H3/b10-9+/t17-/m0/s1. The maximum atomic E-state index is 12.7. The Labute approximate surface area is 142 Å². The van der Waals surface area contributed by atoms with E-state index >= 15 is 0 Å². The summed E-state index contributed by atoms with van der Waals surface area (Å²) in [6.07, 6.45) is 6.95. The highest BCUT2D eigenvalue weighted by Gasteiger charge is 2.37. The van der Waals surface area contributed by atoms with Crippen molar-refractivity contribution < 1.29 is 9.53 Å². The third kappa shape index (κ3) is 3.57. The molecule has 1 aromatic carbocycles. The Kier molecular flexibility index (Phi) is 4.53. The van der Waals surface area contributed by atoms with Gasteiger partial charge in [-0.1, -0.05) is 30.3 Å². The van der Waals surface area contributed by atoms with Crippen molar-refractivity contribution in [3.05, 3.63) is 59.9 Å². The number of carbonyl (C=O) groups is 1. The van der Waals surface area contributed by atoms with Crippen molar-refractivity contribution in [2.24, 2.45) is 7.05 Å². The zero-order valence-electron chi connectivity index (χ0n) is 14.3. The molecule has 0 unspecified atom stereocenters. The van der Waals surface area contributed by atoms with E-state index in [1.807, 2.05) is 62.3 Å². The van der Waals surface area contributed by atoms with E-state index in [-0.39, 0.29) is 17.6 Å². The molecule has 2 heterocycles. The lowest BCUT2D eigenvalue weighted by molar-refractivity contribution is -0.149. The summed E-state index contributed by atoms with van der Waals surface area (Å²) in [4.78, 5) is 14.6. The Morgan fingerprint density at radius 1 is 1.33 bits per heavy atom. The summed E-state index contributed by atoms with van der Waals surface area (Å²) in [6.45, 7) is 5.13. The van der Waals surface area contributed by atoms with Crippen LogP contribution in [-0.2, 0) is 16.6 Å². The van der Waals surface area contributed by atoms with Gasteiger partial charge in [0, 0.05) is 24.9 Å². The number of morpholine rings is 1. The lowest BCUT2D eigenvalue weighted by Crippen LogP contribution is -2.55. The van der Waals surface area contributed by atoms with Crippen molar-refractivity contribution in [2.75, 3.05) is 13.2 Å². The lowest BCUT2D eigenvalue weighted by Gasteiger charge is -2.45. The molecule has 0 N–H and O–H groups in total. The number of amides is 1. The lowest BCUT2D eigenvalue weighted by atomic mass is 9.98. The van der Waals surface area contributed by atoms with Crippen LogP contribution in [0.3, 0.4) is 0 Å². The fourth-order valence-corrected chi connectivity index (χ4v) is 2.89. The predicted octanol–water partition coefficient (Wildman–Crippen LogP) is 2.81. The molecule has 0 saturated carbocycles. The highest BCUT2D eigenvalue weighted by molar-refractivity contribution is 5.92. The molecule has 0 bridgehead atoms. The second kappa shape index (κ2) is 6.61. The fourth-order valence-electron chi connectivity index (χ4n) is 2.89. The summed E-state index contributed by atoms with van der Waals surface area (Å²) in [7, 11) is 1.86. The predicted molar refractivity (Wildman–Crippen MR) is 93.2 cm³/mol. The van der Waals surface area contributed by atoms with Crippen LogP contribution in [0.5, 0.6) is 0 Å². The smallest absolute Gasteiger partial charge is 0.247 e. The first kappa shape index (κ1) is 16.5. The Bertz CT molecular complexity index is 734. The van der Waals surface area contributed by atoms with Crippen LogP contribution in [0.15, 0.2) is 48.8 Å². The molecule has 5 heteroatoms. The van der Waals surface area contributed by atoms with E-state index < -0.39 is 0 Å². The molecule has 0 radical (unpaired) electrons. The van der Waals surface area contributed by atoms with E-state index in [9.17, 15) is 4.79 Å². The molecular formula is C19H23N3O2. The quantitative estimate of drug-likeness (QED) is 0.815. The molecule has 24 heavy (non-hydrogen) atoms. The molecule has 1 aromatic heterocycles. The number of benzene rings is 1. The Morgan fingerprint density at radius 3 is 2.75 bits per heavy atom. The van der Waals surface area contributed by atoms with Gasteiger partial charge in [-0.15, -0.1) is 0 Å². The van der Waals surface area contributed by atoms with Crippen molar-refractivity contribution in [1.29, 1.82) is 0 Å². The van der Waals surface area contributed by atoms with Crippen LogP contribution >= 0.6 is 0 Å². The molecule has 1 amide bonds. The molecule has 1 aliphatic heterocycles. The van der Waals surface area contributed by atoms with Crippen molar-refractivity contribution in [3.63, 3.8) is 0 Å². The Hall–Kier alpha value is -2.40. The van der Waals surface area contributed by atoms with Gasteiger partial charge in [0.05, 0.1) is 24.9 Å². The summed E-state index contributed by atoms with van der Waals surface area (Å²) in [5, 5.41) is 4.11. The molecule has 5 nitrogen and oxygen atoms in total. The summed E-state index contributed by atoms with van der Waals surface area (Å²) >= 11 is 0. The van der Waals surface area contributed by atoms with Crippen LogP contribution in [0.4, 0.5) is 0 Å². The molecule has 1 saturated heterocycles. The minimum Gasteiger partial charge on any atom is -0.369 e. The molecule has 0 spiro atoms. The van der Waals surface area contributed by atoms with E-state index in [2.05, 4.69) is 5.10 Å². The van der Waals surface area contributed by atoms with E-state index in [0.29, 0.717) is 13.2 Å². The molecule has 1 fully saturated rings. The number of aromatic nitrogens is 2. The highest BCUT2D eigenvalue weighted by atomic mass is 16.5. The van der Waals surface area contributed by atoms with Crippen LogP contribution in [-0.4, -0.2) is 39.3 Å². The number of aryl methyl sites for hydroxylation is 1. The number of carbonyl (C=O) groups excluding carboxylic acids is 1. The summed E-state index contributed by atoms with van der Waals surface area (Å²) in [5.41, 5.74) is 1.68. The maximum Gasteiger partial charge on any atom is 0.247 e. The fraction of sp³-hybridized carbons (Fsp3) is 0.368. The van der Waals surface area contributed by atoms with Crippen LogP contribution in [0.2, 0.25) is 0 Å². The number of hydrogen-bond acceptors (Lipinski definition) is 3. The van der Waals surface area contributed by atoms with Crippen molar-refractivity contribution in [2.45, 2.75) is 25.5 Å². The van der Waals surface area contributed by atoms with Gasteiger partial charge >= 0.3 is 0 Å². The highest BCUT2D eigenvalue weighted by Crippen LogP contribution is 2.30. The zero-order valence-corrected chi connectivity index (χ0v) is 14.3. The molecule has 0 aliphatic carbocycles. The van der Waals surface area contributed by atoms with E-state index in [1.54, 1.807) is 23.0 Å². The summed E-state index contributed by atoms with van der Waals surface area (Å²) < 4.78 is 7.71. The first-order valence-corrected chi connectivity index (χ1v) is 8.10. The Morgan fingerprint density at radius 2 is 2.08 bits per heavy atom. The second-order valence-corrected chi connectivity index (χ2v) is 6.75. The zero-order chi connectivity index (χ0) is 17.2. The monoisotopic (exact) mass is 325 g/mol. The maximum absolute atomic E-state index is 12.7. The largest absolute Gasteiger partial charge is 0.369 e. The number of nitrogens with zero attached hydrogens (tertiary/aromatic N) is 3. The van der Waals surface area contributed by atoms with E-state index in [1.165, 1.54) is 0 Å². The second-order valence-electron chi connectivity index (χ2n) is 6.75. The van der Waals surface area contributed by atoms with Crippen molar-refractivity contribution >= 4 is 12.0 Å². The molecule has 2 aromatic rings. The van der Waals surface area contributed by atoms with E-state index in [4.69, 9.17) is 4.74 Å². The molecule has 3 rings (SSSR count). The van der Waals surface area contributed by atoms with Gasteiger partial charge in [0.15, 0.2) is 0 Å². The number of rotatable bonds is 3. The SMILES string of the molecule is Cn1cc(/C=C/C(=O)N2C[C@@H](c3ccccc3)OCC2(C)C)cn1. The minimum absolute atomic E-state index is 0.00640. The average molecular weight is 325 g/mol. The molecule has 1 atom stereocenters. The third-order valence-corrected chi connectivity index (χ3v) is 4.30. The normalized spacial score (nSPS) is 20.5. The number of hydrogen-bond donors (Lipinski definition) is 0. The van der Waals surface area contributed by atoms with E-state index in [0.717, 1.165) is 11.1 Å². The molecule has 126 valence electrons.